The molecule has 0 bridgehead atoms. The lowest BCUT2D eigenvalue weighted by atomic mass is 10.1. The van der Waals surface area contributed by atoms with Gasteiger partial charge in [0, 0.05) is 31.6 Å². The third-order valence-corrected chi connectivity index (χ3v) is 1.82. The van der Waals surface area contributed by atoms with Crippen LogP contribution in [0.1, 0.15) is 11.1 Å². The number of hydrogen-bond acceptors (Lipinski definition) is 2. The van der Waals surface area contributed by atoms with Gasteiger partial charge in [-0.3, -0.25) is 0 Å². The van der Waals surface area contributed by atoms with E-state index in [9.17, 15) is 0 Å². The number of rotatable bonds is 2. The molecule has 1 rings (SSSR count). The van der Waals surface area contributed by atoms with Crippen molar-refractivity contribution < 1.29 is 0 Å². The molecule has 0 fully saturated rings. The first-order chi connectivity index (χ1) is 5.65. The Bertz CT molecular complexity index is 290. The molecule has 1 N–H and O–H groups in total. The quantitative estimate of drug-likeness (QED) is 0.662. The predicted molar refractivity (Wildman–Crippen MR) is 53.4 cm³/mol. The van der Waals surface area contributed by atoms with Gasteiger partial charge in [0.25, 0.3) is 0 Å². The third kappa shape index (κ3) is 1.64. The summed E-state index contributed by atoms with van der Waals surface area (Å²) in [4.78, 5) is 2.01. The van der Waals surface area contributed by atoms with Crippen molar-refractivity contribution in [2.75, 3.05) is 19.0 Å². The molecule has 1 aromatic rings. The smallest absolute Gasteiger partial charge is 0.0450 e. The molecule has 0 spiro atoms. The average molecular weight is 162 g/mol. The highest BCUT2D eigenvalue weighted by atomic mass is 15.1. The normalized spacial score (nSPS) is 9.58. The van der Waals surface area contributed by atoms with E-state index in [-0.39, 0.29) is 0 Å². The summed E-state index contributed by atoms with van der Waals surface area (Å²) in [6.07, 6.45) is 1.39. The highest BCUT2D eigenvalue weighted by Gasteiger charge is 2.00. The van der Waals surface area contributed by atoms with Gasteiger partial charge in [-0.1, -0.05) is 11.6 Å². The maximum absolute atomic E-state index is 7.22. The standard InChI is InChI=1S/C10H14N2/c1-8-4-5-10(12(2)3)9(6-8)7-11/h4-7,11H,1-3H3. The molecule has 64 valence electrons. The van der Waals surface area contributed by atoms with Crippen LogP contribution in [0.3, 0.4) is 0 Å². The lowest BCUT2D eigenvalue weighted by Crippen LogP contribution is -2.11. The molecule has 2 nitrogen and oxygen atoms in total. The zero-order valence-electron chi connectivity index (χ0n) is 7.76. The molecule has 0 aliphatic heterocycles. The molecule has 0 heterocycles. The average Bonchev–Trinajstić information content (AvgIpc) is 2.03. The lowest BCUT2D eigenvalue weighted by molar-refractivity contribution is 1.13. The van der Waals surface area contributed by atoms with Gasteiger partial charge in [-0.25, -0.2) is 0 Å². The fourth-order valence-electron chi connectivity index (χ4n) is 1.20. The van der Waals surface area contributed by atoms with Crippen molar-refractivity contribution in [3.8, 4) is 0 Å². The molecule has 0 atom stereocenters. The van der Waals surface area contributed by atoms with Crippen molar-refractivity contribution in [2.45, 2.75) is 6.92 Å². The highest BCUT2D eigenvalue weighted by Crippen LogP contribution is 2.17. The molecule has 0 aromatic heterocycles. The Kier molecular flexibility index (Phi) is 2.48. The number of hydrogen-bond donors (Lipinski definition) is 1. The van der Waals surface area contributed by atoms with Crippen LogP contribution in [0.5, 0.6) is 0 Å². The second-order valence-electron chi connectivity index (χ2n) is 3.10. The van der Waals surface area contributed by atoms with E-state index in [0.29, 0.717) is 0 Å². The van der Waals surface area contributed by atoms with Crippen molar-refractivity contribution in [1.82, 2.24) is 0 Å². The first-order valence-electron chi connectivity index (χ1n) is 3.93. The number of benzene rings is 1. The van der Waals surface area contributed by atoms with Crippen molar-refractivity contribution in [2.24, 2.45) is 0 Å². The summed E-state index contributed by atoms with van der Waals surface area (Å²) in [5.41, 5.74) is 3.26. The second kappa shape index (κ2) is 3.39. The molecule has 0 aliphatic rings. The van der Waals surface area contributed by atoms with Gasteiger partial charge in [0.2, 0.25) is 0 Å². The Morgan fingerprint density at radius 2 is 2.00 bits per heavy atom. The zero-order valence-corrected chi connectivity index (χ0v) is 7.76. The maximum Gasteiger partial charge on any atom is 0.0450 e. The summed E-state index contributed by atoms with van der Waals surface area (Å²) < 4.78 is 0. The Morgan fingerprint density at radius 3 is 2.50 bits per heavy atom. The minimum absolute atomic E-state index is 0.972. The fraction of sp³-hybridized carbons (Fsp3) is 0.300. The molecule has 0 saturated carbocycles. The molecule has 0 amide bonds. The van der Waals surface area contributed by atoms with Gasteiger partial charge in [-0.2, -0.15) is 0 Å². The first-order valence-corrected chi connectivity index (χ1v) is 3.93. The number of anilines is 1. The molecular formula is C10H14N2. The summed E-state index contributed by atoms with van der Waals surface area (Å²) in [6, 6.07) is 6.11. The van der Waals surface area contributed by atoms with E-state index in [1.54, 1.807) is 0 Å². The molecule has 0 aliphatic carbocycles. The summed E-state index contributed by atoms with van der Waals surface area (Å²) in [5.74, 6) is 0. The van der Waals surface area contributed by atoms with Crippen LogP contribution in [0.2, 0.25) is 0 Å². The van der Waals surface area contributed by atoms with Crippen molar-refractivity contribution in [1.29, 1.82) is 5.41 Å². The van der Waals surface area contributed by atoms with Crippen LogP contribution in [0.25, 0.3) is 0 Å². The van der Waals surface area contributed by atoms with E-state index < -0.39 is 0 Å². The summed E-state index contributed by atoms with van der Waals surface area (Å²) in [6.45, 7) is 2.03. The summed E-state index contributed by atoms with van der Waals surface area (Å²) in [7, 11) is 3.97. The predicted octanol–water partition coefficient (Wildman–Crippen LogP) is 2.06. The molecule has 0 unspecified atom stereocenters. The fourth-order valence-corrected chi connectivity index (χ4v) is 1.20. The highest BCUT2D eigenvalue weighted by molar-refractivity contribution is 5.86. The van der Waals surface area contributed by atoms with Crippen LogP contribution >= 0.6 is 0 Å². The molecule has 12 heavy (non-hydrogen) atoms. The Morgan fingerprint density at radius 1 is 1.33 bits per heavy atom. The van der Waals surface area contributed by atoms with Crippen molar-refractivity contribution in [3.63, 3.8) is 0 Å². The van der Waals surface area contributed by atoms with E-state index in [4.69, 9.17) is 5.41 Å². The summed E-state index contributed by atoms with van der Waals surface area (Å²) in [5, 5.41) is 7.22. The number of nitrogens with one attached hydrogen (secondary N) is 1. The largest absolute Gasteiger partial charge is 0.377 e. The Hall–Kier alpha value is -1.31. The van der Waals surface area contributed by atoms with Crippen LogP contribution in [0, 0.1) is 12.3 Å². The monoisotopic (exact) mass is 162 g/mol. The molecule has 2 heteroatoms. The Labute approximate surface area is 73.3 Å². The third-order valence-electron chi connectivity index (χ3n) is 1.82. The minimum Gasteiger partial charge on any atom is -0.377 e. The van der Waals surface area contributed by atoms with Crippen molar-refractivity contribution in [3.05, 3.63) is 29.3 Å². The van der Waals surface area contributed by atoms with E-state index in [1.165, 1.54) is 11.8 Å². The first kappa shape index (κ1) is 8.78. The molecular weight excluding hydrogens is 148 g/mol. The second-order valence-corrected chi connectivity index (χ2v) is 3.10. The SMILES string of the molecule is Cc1ccc(N(C)C)c(C=N)c1. The van der Waals surface area contributed by atoms with E-state index in [1.807, 2.05) is 38.1 Å². The van der Waals surface area contributed by atoms with E-state index >= 15 is 0 Å². The Balaban J connectivity index is 3.20. The van der Waals surface area contributed by atoms with Crippen LogP contribution < -0.4 is 4.90 Å². The van der Waals surface area contributed by atoms with E-state index in [2.05, 4.69) is 6.07 Å². The topological polar surface area (TPSA) is 27.1 Å². The van der Waals surface area contributed by atoms with E-state index in [0.717, 1.165) is 11.3 Å². The zero-order chi connectivity index (χ0) is 9.14. The van der Waals surface area contributed by atoms with Gasteiger partial charge in [0.05, 0.1) is 0 Å². The van der Waals surface area contributed by atoms with Crippen LogP contribution in [0.15, 0.2) is 18.2 Å². The van der Waals surface area contributed by atoms with Gasteiger partial charge in [0.1, 0.15) is 0 Å². The van der Waals surface area contributed by atoms with Gasteiger partial charge >= 0.3 is 0 Å². The lowest BCUT2D eigenvalue weighted by Gasteiger charge is -2.15. The van der Waals surface area contributed by atoms with Gasteiger partial charge in [0.15, 0.2) is 0 Å². The number of aryl methyl sites for hydroxylation is 1. The van der Waals surface area contributed by atoms with Crippen LogP contribution in [-0.2, 0) is 0 Å². The van der Waals surface area contributed by atoms with Gasteiger partial charge in [-0.15, -0.1) is 0 Å². The van der Waals surface area contributed by atoms with Crippen molar-refractivity contribution >= 4 is 11.9 Å². The van der Waals surface area contributed by atoms with Crippen LogP contribution in [-0.4, -0.2) is 20.3 Å². The molecule has 1 aromatic carbocycles. The van der Waals surface area contributed by atoms with Gasteiger partial charge in [-0.05, 0) is 19.1 Å². The molecule has 0 saturated heterocycles. The maximum atomic E-state index is 7.22. The van der Waals surface area contributed by atoms with Crippen LogP contribution in [0.4, 0.5) is 5.69 Å². The van der Waals surface area contributed by atoms with Gasteiger partial charge < -0.3 is 10.3 Å². The summed E-state index contributed by atoms with van der Waals surface area (Å²) >= 11 is 0. The minimum atomic E-state index is 0.972. The molecule has 0 radical (unpaired) electrons. The number of nitrogens with zero attached hydrogens (tertiary/aromatic N) is 1.